The zero-order chi connectivity index (χ0) is 34.3. The van der Waals surface area contributed by atoms with Crippen molar-refractivity contribution >= 4 is 35.8 Å². The summed E-state index contributed by atoms with van der Waals surface area (Å²) in [7, 11) is 0. The van der Waals surface area contributed by atoms with E-state index in [1.165, 1.54) is 27.2 Å². The maximum atomic E-state index is 12.3. The fraction of sp³-hybridized carbons (Fsp3) is 0.758. The summed E-state index contributed by atoms with van der Waals surface area (Å²) in [5.74, 6) is -3.62. The van der Waals surface area contributed by atoms with Crippen LogP contribution in [0.25, 0.3) is 0 Å². The molecule has 12 heteroatoms. The van der Waals surface area contributed by atoms with Gasteiger partial charge in [-0.25, -0.2) is 0 Å². The molecule has 12 nitrogen and oxygen atoms in total. The van der Waals surface area contributed by atoms with Crippen LogP contribution in [-0.4, -0.2) is 72.8 Å². The van der Waals surface area contributed by atoms with E-state index in [9.17, 15) is 28.8 Å². The first-order valence-corrected chi connectivity index (χ1v) is 15.9. The normalized spacial score (nSPS) is 13.3. The van der Waals surface area contributed by atoms with E-state index in [-0.39, 0.29) is 18.5 Å². The van der Waals surface area contributed by atoms with Gasteiger partial charge in [0.05, 0.1) is 0 Å². The molecule has 0 radical (unpaired) electrons. The van der Waals surface area contributed by atoms with E-state index in [2.05, 4.69) is 12.2 Å². The SMILES string of the molecule is CCCCCCC(CCCCCC/C=C/C[C@@H](OC(C)=O)[C@H](OC(C)=O)C(COC(C)=O)(COC(C)=O)NC(C)=O)OC(C)=O. The average molecular weight is 642 g/mol. The summed E-state index contributed by atoms with van der Waals surface area (Å²) in [5.41, 5.74) is -1.75. The topological polar surface area (TPSA) is 161 Å². The van der Waals surface area contributed by atoms with Gasteiger partial charge in [-0.15, -0.1) is 0 Å². The standard InChI is InChI=1S/C33H55NO11/c1-8-9-10-16-19-30(43-27(5)38)20-17-14-12-11-13-15-18-21-31(44-28(6)39)32(45-29(7)40)33(34-24(2)35,22-41-25(3)36)23-42-26(4)37/h15,18,30-32H,8-14,16-17,19-23H2,1-7H3,(H,34,35)/b18-15+/t30?,31-,32+/m1/s1. The summed E-state index contributed by atoms with van der Waals surface area (Å²) in [6.45, 7) is 8.42. The van der Waals surface area contributed by atoms with Gasteiger partial charge in [0, 0.05) is 48.0 Å². The predicted octanol–water partition coefficient (Wildman–Crippen LogP) is 5.04. The minimum Gasteiger partial charge on any atom is -0.463 e. The van der Waals surface area contributed by atoms with Crippen LogP contribution in [0.3, 0.4) is 0 Å². The molecule has 0 aliphatic carbocycles. The number of allylic oxidation sites excluding steroid dienone is 1. The lowest BCUT2D eigenvalue weighted by molar-refractivity contribution is -0.183. The van der Waals surface area contributed by atoms with Crippen LogP contribution in [0.5, 0.6) is 0 Å². The van der Waals surface area contributed by atoms with Gasteiger partial charge in [0.25, 0.3) is 0 Å². The molecule has 0 rings (SSSR count). The molecule has 0 saturated heterocycles. The molecule has 0 aliphatic rings. The Labute approximate surface area is 268 Å². The Bertz CT molecular complexity index is 944. The third kappa shape index (κ3) is 21.0. The Morgan fingerprint density at radius 1 is 0.622 bits per heavy atom. The van der Waals surface area contributed by atoms with E-state index in [1.807, 2.05) is 6.08 Å². The van der Waals surface area contributed by atoms with Gasteiger partial charge in [-0.2, -0.15) is 0 Å². The van der Waals surface area contributed by atoms with Gasteiger partial charge in [0.2, 0.25) is 5.91 Å². The van der Waals surface area contributed by atoms with E-state index >= 15 is 0 Å². The Balaban J connectivity index is 5.47. The lowest BCUT2D eigenvalue weighted by atomic mass is 9.87. The van der Waals surface area contributed by atoms with Crippen molar-refractivity contribution in [2.75, 3.05) is 13.2 Å². The molecule has 0 bridgehead atoms. The van der Waals surface area contributed by atoms with E-state index < -0.39 is 60.7 Å². The van der Waals surface area contributed by atoms with Gasteiger partial charge >= 0.3 is 29.8 Å². The highest BCUT2D eigenvalue weighted by molar-refractivity contribution is 5.75. The highest BCUT2D eigenvalue weighted by atomic mass is 16.6. The zero-order valence-electron chi connectivity index (χ0n) is 28.3. The molecule has 0 heterocycles. The molecule has 0 aromatic rings. The first-order chi connectivity index (χ1) is 21.2. The summed E-state index contributed by atoms with van der Waals surface area (Å²) >= 11 is 0. The monoisotopic (exact) mass is 641 g/mol. The Morgan fingerprint density at radius 2 is 1.13 bits per heavy atom. The molecule has 1 amide bonds. The number of carbonyl (C=O) groups is 6. The van der Waals surface area contributed by atoms with E-state index in [4.69, 9.17) is 23.7 Å². The van der Waals surface area contributed by atoms with Gasteiger partial charge in [-0.05, 0) is 38.5 Å². The van der Waals surface area contributed by atoms with Gasteiger partial charge in [-0.1, -0.05) is 51.2 Å². The number of nitrogens with one attached hydrogen (secondary N) is 1. The van der Waals surface area contributed by atoms with Crippen molar-refractivity contribution in [1.29, 1.82) is 0 Å². The molecule has 258 valence electrons. The number of unbranched alkanes of at least 4 members (excludes halogenated alkanes) is 7. The van der Waals surface area contributed by atoms with Crippen LogP contribution in [0.1, 0.15) is 126 Å². The lowest BCUT2D eigenvalue weighted by Gasteiger charge is -2.41. The van der Waals surface area contributed by atoms with E-state index in [0.29, 0.717) is 0 Å². The minimum absolute atomic E-state index is 0.0334. The quantitative estimate of drug-likeness (QED) is 0.0651. The predicted molar refractivity (Wildman–Crippen MR) is 167 cm³/mol. The first kappa shape index (κ1) is 41.6. The third-order valence-corrected chi connectivity index (χ3v) is 6.88. The molecule has 0 fully saturated rings. The van der Waals surface area contributed by atoms with Crippen LogP contribution in [0.2, 0.25) is 0 Å². The molecule has 3 atom stereocenters. The summed E-state index contributed by atoms with van der Waals surface area (Å²) in [6.07, 6.45) is 12.2. The minimum atomic E-state index is -1.75. The molecule has 1 N–H and O–H groups in total. The van der Waals surface area contributed by atoms with Gasteiger partial charge in [-0.3, -0.25) is 28.8 Å². The van der Waals surface area contributed by atoms with E-state index in [1.54, 1.807) is 6.08 Å². The summed E-state index contributed by atoms with van der Waals surface area (Å²) in [5, 5.41) is 2.61. The van der Waals surface area contributed by atoms with Gasteiger partial charge < -0.3 is 29.0 Å². The zero-order valence-corrected chi connectivity index (χ0v) is 28.3. The average Bonchev–Trinajstić information content (AvgIpc) is 2.93. The van der Waals surface area contributed by atoms with Crippen LogP contribution < -0.4 is 5.32 Å². The largest absolute Gasteiger partial charge is 0.463 e. The molecule has 0 saturated carbocycles. The number of esters is 5. The smallest absolute Gasteiger partial charge is 0.303 e. The number of ether oxygens (including phenoxy) is 5. The molecule has 0 aromatic heterocycles. The summed E-state index contributed by atoms with van der Waals surface area (Å²) < 4.78 is 27.0. The number of rotatable bonds is 24. The first-order valence-electron chi connectivity index (χ1n) is 15.9. The van der Waals surface area contributed by atoms with Crippen molar-refractivity contribution in [3.63, 3.8) is 0 Å². The fourth-order valence-corrected chi connectivity index (χ4v) is 4.96. The second-order valence-electron chi connectivity index (χ2n) is 11.4. The number of hydrogen-bond acceptors (Lipinski definition) is 11. The van der Waals surface area contributed by atoms with E-state index in [0.717, 1.165) is 85.0 Å². The summed E-state index contributed by atoms with van der Waals surface area (Å²) in [6, 6.07) is 0. The number of amides is 1. The molecular formula is C33H55NO11. The van der Waals surface area contributed by atoms with Crippen LogP contribution in [0.4, 0.5) is 0 Å². The number of carbonyl (C=O) groups excluding carboxylic acids is 6. The van der Waals surface area contributed by atoms with Crippen molar-refractivity contribution < 1.29 is 52.5 Å². The molecular weight excluding hydrogens is 586 g/mol. The van der Waals surface area contributed by atoms with Crippen molar-refractivity contribution in [1.82, 2.24) is 5.32 Å². The Hall–Kier alpha value is -3.44. The molecule has 0 aromatic carbocycles. The maximum Gasteiger partial charge on any atom is 0.303 e. The van der Waals surface area contributed by atoms with Crippen molar-refractivity contribution in [3.8, 4) is 0 Å². The van der Waals surface area contributed by atoms with Crippen molar-refractivity contribution in [3.05, 3.63) is 12.2 Å². The highest BCUT2D eigenvalue weighted by Crippen LogP contribution is 2.25. The van der Waals surface area contributed by atoms with Crippen molar-refractivity contribution in [2.45, 2.75) is 149 Å². The summed E-state index contributed by atoms with van der Waals surface area (Å²) in [4.78, 5) is 71.4. The van der Waals surface area contributed by atoms with Crippen LogP contribution >= 0.6 is 0 Å². The molecule has 0 spiro atoms. The van der Waals surface area contributed by atoms with Gasteiger partial charge in [0.1, 0.15) is 31.0 Å². The molecule has 1 unspecified atom stereocenters. The van der Waals surface area contributed by atoms with Crippen LogP contribution in [0, 0.1) is 0 Å². The van der Waals surface area contributed by atoms with Crippen molar-refractivity contribution in [2.24, 2.45) is 0 Å². The molecule has 0 aliphatic heterocycles. The molecule has 45 heavy (non-hydrogen) atoms. The van der Waals surface area contributed by atoms with Gasteiger partial charge in [0.15, 0.2) is 6.10 Å². The lowest BCUT2D eigenvalue weighted by Crippen LogP contribution is -2.67. The van der Waals surface area contributed by atoms with Crippen LogP contribution in [0.15, 0.2) is 12.2 Å². The second-order valence-corrected chi connectivity index (χ2v) is 11.4. The maximum absolute atomic E-state index is 12.3. The second kappa shape index (κ2) is 23.9. The van der Waals surface area contributed by atoms with Crippen LogP contribution in [-0.2, 0) is 52.5 Å². The number of hydrogen-bond donors (Lipinski definition) is 1. The Morgan fingerprint density at radius 3 is 1.60 bits per heavy atom. The Kier molecular flexibility index (Phi) is 22.1. The highest BCUT2D eigenvalue weighted by Gasteiger charge is 2.50. The fourth-order valence-electron chi connectivity index (χ4n) is 4.96. The third-order valence-electron chi connectivity index (χ3n) is 6.88.